The SMILES string of the molecule is O=C(Nc1ccc(S(=O)(=O)Nc2ccccn2)cc1)/C(=C/c1ccccc1Cl)c1ccccc1. The lowest BCUT2D eigenvalue weighted by Crippen LogP contribution is -2.15. The molecule has 0 unspecified atom stereocenters. The van der Waals surface area contributed by atoms with Crippen molar-refractivity contribution in [3.05, 3.63) is 119 Å². The summed E-state index contributed by atoms with van der Waals surface area (Å²) in [5.41, 5.74) is 2.30. The molecule has 34 heavy (non-hydrogen) atoms. The summed E-state index contributed by atoms with van der Waals surface area (Å²) in [6.07, 6.45) is 3.22. The van der Waals surface area contributed by atoms with Gasteiger partial charge in [0.25, 0.3) is 15.9 Å². The first kappa shape index (κ1) is 23.2. The van der Waals surface area contributed by atoms with E-state index in [4.69, 9.17) is 11.6 Å². The van der Waals surface area contributed by atoms with Gasteiger partial charge in [-0.25, -0.2) is 13.4 Å². The summed E-state index contributed by atoms with van der Waals surface area (Å²) in [5.74, 6) is -0.134. The zero-order valence-corrected chi connectivity index (χ0v) is 19.4. The third kappa shape index (κ3) is 5.70. The van der Waals surface area contributed by atoms with Crippen LogP contribution in [-0.4, -0.2) is 19.3 Å². The zero-order chi connectivity index (χ0) is 24.0. The maximum absolute atomic E-state index is 13.2. The Morgan fingerprint density at radius 3 is 2.18 bits per heavy atom. The second kappa shape index (κ2) is 10.3. The molecule has 0 radical (unpaired) electrons. The van der Waals surface area contributed by atoms with Gasteiger partial charge in [0.15, 0.2) is 0 Å². The number of anilines is 2. The molecule has 8 heteroatoms. The van der Waals surface area contributed by atoms with Gasteiger partial charge in [0.1, 0.15) is 5.82 Å². The number of nitrogens with zero attached hydrogens (tertiary/aromatic N) is 1. The first-order valence-electron chi connectivity index (χ1n) is 10.3. The van der Waals surface area contributed by atoms with E-state index in [9.17, 15) is 13.2 Å². The molecule has 0 spiro atoms. The molecule has 0 aliphatic heterocycles. The van der Waals surface area contributed by atoms with Crippen molar-refractivity contribution in [2.24, 2.45) is 0 Å². The number of carbonyl (C=O) groups is 1. The Morgan fingerprint density at radius 1 is 0.824 bits per heavy atom. The Balaban J connectivity index is 1.57. The fourth-order valence-corrected chi connectivity index (χ4v) is 4.38. The van der Waals surface area contributed by atoms with Crippen molar-refractivity contribution in [3.8, 4) is 0 Å². The fraction of sp³-hybridized carbons (Fsp3) is 0. The van der Waals surface area contributed by atoms with Crippen LogP contribution in [0.15, 0.2) is 108 Å². The molecule has 0 bridgehead atoms. The number of aromatic nitrogens is 1. The summed E-state index contributed by atoms with van der Waals surface area (Å²) >= 11 is 6.30. The number of carbonyl (C=O) groups excluding carboxylic acids is 1. The Morgan fingerprint density at radius 2 is 1.50 bits per heavy atom. The number of benzene rings is 3. The molecule has 6 nitrogen and oxygen atoms in total. The molecular weight excluding hydrogens is 470 g/mol. The van der Waals surface area contributed by atoms with E-state index in [1.54, 1.807) is 30.3 Å². The molecule has 0 saturated heterocycles. The molecule has 0 aliphatic carbocycles. The molecule has 3 aromatic carbocycles. The van der Waals surface area contributed by atoms with Gasteiger partial charge in [0.05, 0.1) is 4.90 Å². The second-order valence-corrected chi connectivity index (χ2v) is 9.33. The van der Waals surface area contributed by atoms with E-state index >= 15 is 0 Å². The van der Waals surface area contributed by atoms with Crippen molar-refractivity contribution in [1.29, 1.82) is 0 Å². The maximum atomic E-state index is 13.2. The minimum Gasteiger partial charge on any atom is -0.322 e. The molecule has 1 aromatic heterocycles. The van der Waals surface area contributed by atoms with Gasteiger partial charge < -0.3 is 5.32 Å². The molecule has 4 rings (SSSR count). The van der Waals surface area contributed by atoms with Crippen molar-refractivity contribution in [2.45, 2.75) is 4.90 Å². The monoisotopic (exact) mass is 489 g/mol. The van der Waals surface area contributed by atoms with Crippen LogP contribution in [0.2, 0.25) is 5.02 Å². The molecule has 1 heterocycles. The van der Waals surface area contributed by atoms with Gasteiger partial charge in [-0.3, -0.25) is 9.52 Å². The molecule has 0 atom stereocenters. The number of nitrogens with one attached hydrogen (secondary N) is 2. The Labute approximate surface area is 203 Å². The average molecular weight is 490 g/mol. The van der Waals surface area contributed by atoms with Crippen LogP contribution in [0.25, 0.3) is 11.6 Å². The Hall–Kier alpha value is -3.94. The first-order chi connectivity index (χ1) is 16.4. The molecule has 0 fully saturated rings. The molecule has 2 N–H and O–H groups in total. The number of amides is 1. The number of hydrogen-bond acceptors (Lipinski definition) is 4. The highest BCUT2D eigenvalue weighted by molar-refractivity contribution is 7.92. The molecular formula is C26H20ClN3O3S. The van der Waals surface area contributed by atoms with E-state index in [1.165, 1.54) is 30.5 Å². The average Bonchev–Trinajstić information content (AvgIpc) is 2.85. The van der Waals surface area contributed by atoms with E-state index in [2.05, 4.69) is 15.0 Å². The van der Waals surface area contributed by atoms with Crippen LogP contribution >= 0.6 is 11.6 Å². The minimum atomic E-state index is -3.81. The van der Waals surface area contributed by atoms with Gasteiger partial charge in [0.2, 0.25) is 0 Å². The van der Waals surface area contributed by atoms with Gasteiger partial charge in [-0.05, 0) is 59.7 Å². The van der Waals surface area contributed by atoms with Gasteiger partial charge >= 0.3 is 0 Å². The highest BCUT2D eigenvalue weighted by atomic mass is 35.5. The van der Waals surface area contributed by atoms with Crippen LogP contribution in [0.1, 0.15) is 11.1 Å². The summed E-state index contributed by atoms with van der Waals surface area (Å²) < 4.78 is 27.6. The highest BCUT2D eigenvalue weighted by Crippen LogP contribution is 2.25. The van der Waals surface area contributed by atoms with Crippen LogP contribution in [0.5, 0.6) is 0 Å². The van der Waals surface area contributed by atoms with Crippen LogP contribution in [-0.2, 0) is 14.8 Å². The first-order valence-corrected chi connectivity index (χ1v) is 12.2. The van der Waals surface area contributed by atoms with Crippen LogP contribution in [0.4, 0.5) is 11.5 Å². The smallest absolute Gasteiger partial charge is 0.263 e. The third-order valence-corrected chi connectivity index (χ3v) is 6.58. The molecule has 170 valence electrons. The summed E-state index contributed by atoms with van der Waals surface area (Å²) in [6, 6.07) is 27.3. The fourth-order valence-electron chi connectivity index (χ4n) is 3.18. The Kier molecular flexibility index (Phi) is 7.06. The number of hydrogen-bond donors (Lipinski definition) is 2. The molecule has 1 amide bonds. The summed E-state index contributed by atoms with van der Waals surface area (Å²) in [4.78, 5) is 17.2. The van der Waals surface area contributed by atoms with Crippen molar-refractivity contribution in [3.63, 3.8) is 0 Å². The molecule has 0 saturated carbocycles. The lowest BCUT2D eigenvalue weighted by atomic mass is 10.0. The normalized spacial score (nSPS) is 11.6. The number of sulfonamides is 1. The van der Waals surface area contributed by atoms with Crippen LogP contribution in [0, 0.1) is 0 Å². The summed E-state index contributed by atoms with van der Waals surface area (Å²) in [6.45, 7) is 0. The molecule has 4 aromatic rings. The van der Waals surface area contributed by atoms with E-state index < -0.39 is 10.0 Å². The van der Waals surface area contributed by atoms with E-state index in [0.717, 1.165) is 5.56 Å². The zero-order valence-electron chi connectivity index (χ0n) is 17.9. The highest BCUT2D eigenvalue weighted by Gasteiger charge is 2.16. The van der Waals surface area contributed by atoms with Gasteiger partial charge in [-0.15, -0.1) is 0 Å². The predicted molar refractivity (Wildman–Crippen MR) is 136 cm³/mol. The van der Waals surface area contributed by atoms with Crippen molar-refractivity contribution < 1.29 is 13.2 Å². The lowest BCUT2D eigenvalue weighted by Gasteiger charge is -2.11. The van der Waals surface area contributed by atoms with E-state index in [0.29, 0.717) is 21.8 Å². The molecule has 0 aliphatic rings. The minimum absolute atomic E-state index is 0.0473. The summed E-state index contributed by atoms with van der Waals surface area (Å²) in [7, 11) is -3.81. The van der Waals surface area contributed by atoms with Crippen LogP contribution < -0.4 is 10.0 Å². The van der Waals surface area contributed by atoms with Gasteiger partial charge in [-0.2, -0.15) is 0 Å². The number of pyridine rings is 1. The summed E-state index contributed by atoms with van der Waals surface area (Å²) in [5, 5.41) is 3.36. The van der Waals surface area contributed by atoms with E-state index in [1.807, 2.05) is 48.5 Å². The van der Waals surface area contributed by atoms with Gasteiger partial charge in [0, 0.05) is 22.5 Å². The standard InChI is InChI=1S/C26H20ClN3O3S/c27-24-11-5-4-10-20(24)18-23(19-8-2-1-3-9-19)26(31)29-21-13-15-22(16-14-21)34(32,33)30-25-12-6-7-17-28-25/h1-18H,(H,28,30)(H,29,31)/b23-18+. The largest absolute Gasteiger partial charge is 0.322 e. The van der Waals surface area contributed by atoms with Crippen molar-refractivity contribution in [1.82, 2.24) is 4.98 Å². The second-order valence-electron chi connectivity index (χ2n) is 7.24. The topological polar surface area (TPSA) is 88.2 Å². The van der Waals surface area contributed by atoms with Crippen LogP contribution in [0.3, 0.4) is 0 Å². The van der Waals surface area contributed by atoms with Crippen molar-refractivity contribution in [2.75, 3.05) is 10.0 Å². The lowest BCUT2D eigenvalue weighted by molar-refractivity contribution is -0.111. The third-order valence-electron chi connectivity index (χ3n) is 4.86. The van der Waals surface area contributed by atoms with Gasteiger partial charge in [-0.1, -0.05) is 66.2 Å². The van der Waals surface area contributed by atoms with Crippen molar-refractivity contribution >= 4 is 50.7 Å². The van der Waals surface area contributed by atoms with E-state index in [-0.39, 0.29) is 16.6 Å². The predicted octanol–water partition coefficient (Wildman–Crippen LogP) is 5.72. The number of halogens is 1. The Bertz CT molecular complexity index is 1420. The maximum Gasteiger partial charge on any atom is 0.263 e. The quantitative estimate of drug-likeness (QED) is 0.257. The number of rotatable bonds is 7.